The molecule has 1 amide bonds. The van der Waals surface area contributed by atoms with E-state index in [4.69, 9.17) is 4.74 Å². The summed E-state index contributed by atoms with van der Waals surface area (Å²) in [5.41, 5.74) is 1.72. The van der Waals surface area contributed by atoms with Gasteiger partial charge in [-0.15, -0.1) is 0 Å². The van der Waals surface area contributed by atoms with E-state index in [0.717, 1.165) is 10.7 Å². The van der Waals surface area contributed by atoms with E-state index in [0.29, 0.717) is 24.5 Å². The maximum Gasteiger partial charge on any atom is 0.251 e. The Hall–Kier alpha value is -1.99. The van der Waals surface area contributed by atoms with Gasteiger partial charge in [-0.1, -0.05) is 12.1 Å². The van der Waals surface area contributed by atoms with Crippen molar-refractivity contribution in [1.29, 1.82) is 0 Å². The van der Waals surface area contributed by atoms with E-state index in [9.17, 15) is 4.79 Å². The van der Waals surface area contributed by atoms with Crippen LogP contribution in [0.4, 0.5) is 5.13 Å². The molecule has 1 aromatic carbocycles. The number of rotatable bonds is 6. The fraction of sp³-hybridized carbons (Fsp3) is 0.308. The van der Waals surface area contributed by atoms with Crippen LogP contribution in [0, 0.1) is 0 Å². The first-order valence-electron chi connectivity index (χ1n) is 6.09. The number of nitrogens with zero attached hydrogens (tertiary/aromatic N) is 2. The van der Waals surface area contributed by atoms with Gasteiger partial charge in [0.05, 0.1) is 0 Å². The SMILES string of the molecule is CNC(=O)c1ccc(CNc2nc(COC)ns2)cc1. The summed E-state index contributed by atoms with van der Waals surface area (Å²) in [7, 11) is 3.23. The normalized spacial score (nSPS) is 10.3. The maximum atomic E-state index is 11.4. The molecule has 1 aromatic heterocycles. The summed E-state index contributed by atoms with van der Waals surface area (Å²) in [5.74, 6) is 0.591. The van der Waals surface area contributed by atoms with Gasteiger partial charge in [0.15, 0.2) is 5.82 Å². The van der Waals surface area contributed by atoms with E-state index >= 15 is 0 Å². The van der Waals surface area contributed by atoms with Gasteiger partial charge in [-0.25, -0.2) is 4.98 Å². The van der Waals surface area contributed by atoms with Gasteiger partial charge in [-0.05, 0) is 17.7 Å². The highest BCUT2D eigenvalue weighted by Crippen LogP contribution is 2.13. The molecule has 2 N–H and O–H groups in total. The Balaban J connectivity index is 1.91. The average molecular weight is 292 g/mol. The average Bonchev–Trinajstić information content (AvgIpc) is 2.93. The number of hydrogen-bond donors (Lipinski definition) is 2. The summed E-state index contributed by atoms with van der Waals surface area (Å²) in [6.45, 7) is 1.05. The van der Waals surface area contributed by atoms with Crippen LogP contribution < -0.4 is 10.6 Å². The van der Waals surface area contributed by atoms with E-state index < -0.39 is 0 Å². The summed E-state index contributed by atoms with van der Waals surface area (Å²) < 4.78 is 9.12. The first kappa shape index (κ1) is 14.4. The molecule has 0 saturated carbocycles. The van der Waals surface area contributed by atoms with Gasteiger partial charge in [0.25, 0.3) is 5.91 Å². The number of ether oxygens (including phenoxy) is 1. The zero-order chi connectivity index (χ0) is 14.4. The van der Waals surface area contributed by atoms with Crippen molar-refractivity contribution < 1.29 is 9.53 Å². The summed E-state index contributed by atoms with van der Waals surface area (Å²) in [4.78, 5) is 15.7. The summed E-state index contributed by atoms with van der Waals surface area (Å²) in [6.07, 6.45) is 0. The second-order valence-corrected chi connectivity index (χ2v) is 4.83. The van der Waals surface area contributed by atoms with Gasteiger partial charge in [0.1, 0.15) is 6.61 Å². The van der Waals surface area contributed by atoms with Crippen molar-refractivity contribution in [2.75, 3.05) is 19.5 Å². The molecule has 0 unspecified atom stereocenters. The Morgan fingerprint density at radius 2 is 2.10 bits per heavy atom. The molecule has 2 rings (SSSR count). The predicted molar refractivity (Wildman–Crippen MR) is 77.8 cm³/mol. The van der Waals surface area contributed by atoms with E-state index in [2.05, 4.69) is 20.0 Å². The lowest BCUT2D eigenvalue weighted by Crippen LogP contribution is -2.17. The minimum atomic E-state index is -0.0853. The van der Waals surface area contributed by atoms with Crippen LogP contribution in [-0.4, -0.2) is 29.4 Å². The van der Waals surface area contributed by atoms with Gasteiger partial charge in [0.2, 0.25) is 5.13 Å². The number of anilines is 1. The van der Waals surface area contributed by atoms with E-state index in [1.165, 1.54) is 11.5 Å². The van der Waals surface area contributed by atoms with Crippen LogP contribution in [0.5, 0.6) is 0 Å². The molecule has 0 atom stereocenters. The molecule has 106 valence electrons. The summed E-state index contributed by atoms with van der Waals surface area (Å²) >= 11 is 1.30. The van der Waals surface area contributed by atoms with Crippen LogP contribution in [0.25, 0.3) is 0 Å². The van der Waals surface area contributed by atoms with E-state index in [1.807, 2.05) is 12.1 Å². The van der Waals surface area contributed by atoms with Gasteiger partial charge >= 0.3 is 0 Å². The molecular formula is C13H16N4O2S. The lowest BCUT2D eigenvalue weighted by atomic mass is 10.1. The Kier molecular flexibility index (Phi) is 5.03. The Morgan fingerprint density at radius 1 is 1.35 bits per heavy atom. The number of hydrogen-bond acceptors (Lipinski definition) is 6. The van der Waals surface area contributed by atoms with Crippen LogP contribution in [0.1, 0.15) is 21.7 Å². The minimum Gasteiger partial charge on any atom is -0.377 e. The Bertz CT molecular complexity index is 568. The lowest BCUT2D eigenvalue weighted by Gasteiger charge is -2.04. The second-order valence-electron chi connectivity index (χ2n) is 4.08. The fourth-order valence-corrected chi connectivity index (χ4v) is 2.18. The highest BCUT2D eigenvalue weighted by Gasteiger charge is 2.04. The second kappa shape index (κ2) is 6.97. The van der Waals surface area contributed by atoms with Crippen molar-refractivity contribution in [3.8, 4) is 0 Å². The number of carbonyl (C=O) groups excluding carboxylic acids is 1. The van der Waals surface area contributed by atoms with Crippen molar-refractivity contribution >= 4 is 22.6 Å². The molecule has 7 heteroatoms. The Morgan fingerprint density at radius 3 is 2.75 bits per heavy atom. The molecule has 0 spiro atoms. The van der Waals surface area contributed by atoms with Crippen LogP contribution >= 0.6 is 11.5 Å². The molecule has 20 heavy (non-hydrogen) atoms. The predicted octanol–water partition coefficient (Wildman–Crippen LogP) is 1.66. The zero-order valence-electron chi connectivity index (χ0n) is 11.3. The van der Waals surface area contributed by atoms with Crippen molar-refractivity contribution in [2.45, 2.75) is 13.2 Å². The molecule has 2 aromatic rings. The summed E-state index contributed by atoms with van der Waals surface area (Å²) in [6, 6.07) is 7.42. The molecule has 0 aliphatic rings. The number of carbonyl (C=O) groups is 1. The highest BCUT2D eigenvalue weighted by atomic mass is 32.1. The van der Waals surface area contributed by atoms with Gasteiger partial charge in [-0.2, -0.15) is 4.37 Å². The molecule has 6 nitrogen and oxygen atoms in total. The molecule has 0 aliphatic heterocycles. The number of benzene rings is 1. The highest BCUT2D eigenvalue weighted by molar-refractivity contribution is 7.09. The standard InChI is InChI=1S/C13H16N4O2S/c1-14-12(18)10-5-3-9(4-6-10)7-15-13-16-11(8-19-2)17-20-13/h3-6H,7-8H2,1-2H3,(H,14,18)(H,15,16,17). The van der Waals surface area contributed by atoms with Crippen LogP contribution in [0.2, 0.25) is 0 Å². The Labute approximate surface area is 121 Å². The smallest absolute Gasteiger partial charge is 0.251 e. The molecular weight excluding hydrogens is 276 g/mol. The third kappa shape index (κ3) is 3.75. The van der Waals surface area contributed by atoms with E-state index in [-0.39, 0.29) is 5.91 Å². The number of aromatic nitrogens is 2. The third-order valence-electron chi connectivity index (χ3n) is 2.63. The quantitative estimate of drug-likeness (QED) is 0.846. The van der Waals surface area contributed by atoms with E-state index in [1.54, 1.807) is 26.3 Å². The zero-order valence-corrected chi connectivity index (χ0v) is 12.2. The van der Waals surface area contributed by atoms with Gasteiger partial charge < -0.3 is 15.4 Å². The third-order valence-corrected chi connectivity index (χ3v) is 3.34. The van der Waals surface area contributed by atoms with Crippen LogP contribution in [0.15, 0.2) is 24.3 Å². The lowest BCUT2D eigenvalue weighted by molar-refractivity contribution is 0.0963. The monoisotopic (exact) mass is 292 g/mol. The minimum absolute atomic E-state index is 0.0853. The maximum absolute atomic E-state index is 11.4. The molecule has 0 aliphatic carbocycles. The largest absolute Gasteiger partial charge is 0.377 e. The first-order valence-corrected chi connectivity index (χ1v) is 6.86. The molecule has 0 radical (unpaired) electrons. The number of nitrogens with one attached hydrogen (secondary N) is 2. The van der Waals surface area contributed by atoms with Crippen LogP contribution in [0.3, 0.4) is 0 Å². The molecule has 0 fully saturated rings. The number of methoxy groups -OCH3 is 1. The van der Waals surface area contributed by atoms with Crippen LogP contribution in [-0.2, 0) is 17.9 Å². The van der Waals surface area contributed by atoms with Crippen molar-refractivity contribution in [3.05, 3.63) is 41.2 Å². The van der Waals surface area contributed by atoms with Crippen molar-refractivity contribution in [2.24, 2.45) is 0 Å². The molecule has 0 saturated heterocycles. The number of amides is 1. The van der Waals surface area contributed by atoms with Crippen molar-refractivity contribution in [3.63, 3.8) is 0 Å². The molecule has 0 bridgehead atoms. The topological polar surface area (TPSA) is 76.1 Å². The summed E-state index contributed by atoms with van der Waals surface area (Å²) in [5, 5.41) is 6.54. The van der Waals surface area contributed by atoms with Gasteiger partial charge in [0, 0.05) is 37.8 Å². The van der Waals surface area contributed by atoms with Crippen molar-refractivity contribution in [1.82, 2.24) is 14.7 Å². The first-order chi connectivity index (χ1) is 9.72. The molecule has 1 heterocycles. The van der Waals surface area contributed by atoms with Gasteiger partial charge in [-0.3, -0.25) is 4.79 Å². The fourth-order valence-electron chi connectivity index (χ4n) is 1.61.